The van der Waals surface area contributed by atoms with Gasteiger partial charge in [-0.1, -0.05) is 23.2 Å². The summed E-state index contributed by atoms with van der Waals surface area (Å²) in [4.78, 5) is 10.2. The van der Waals surface area contributed by atoms with Crippen LogP contribution in [0.1, 0.15) is 10.4 Å². The third kappa shape index (κ3) is 2.20. The summed E-state index contributed by atoms with van der Waals surface area (Å²) in [5.41, 5.74) is -0.0879. The number of rotatable bonds is 2. The van der Waals surface area contributed by atoms with Gasteiger partial charge in [0.05, 0.1) is 15.6 Å². The lowest BCUT2D eigenvalue weighted by Gasteiger charge is -2.03. The number of hydrogen-bond acceptors (Lipinski definition) is 3. The van der Waals surface area contributed by atoms with Crippen LogP contribution in [0.4, 0.5) is 0 Å². The molecule has 0 fully saturated rings. The van der Waals surface area contributed by atoms with Crippen LogP contribution in [-0.2, 0) is 9.05 Å². The predicted molar refractivity (Wildman–Crippen MR) is 54.9 cm³/mol. The SMILES string of the molecule is O=Cc1c(Cl)ccc(S(=O)(=O)Cl)c1Cl. The number of hydrogen-bond donors (Lipinski definition) is 0. The molecular weight excluding hydrogens is 270 g/mol. The average Bonchev–Trinajstić information content (AvgIpc) is 2.02. The molecule has 0 saturated carbocycles. The van der Waals surface area contributed by atoms with Gasteiger partial charge in [0.2, 0.25) is 0 Å². The Kier molecular flexibility index (Phi) is 3.42. The van der Waals surface area contributed by atoms with Gasteiger partial charge in [-0.2, -0.15) is 0 Å². The summed E-state index contributed by atoms with van der Waals surface area (Å²) in [5.74, 6) is 0. The van der Waals surface area contributed by atoms with Crippen molar-refractivity contribution in [3.63, 3.8) is 0 Å². The van der Waals surface area contributed by atoms with Gasteiger partial charge >= 0.3 is 0 Å². The standard InChI is InChI=1S/C7H3Cl3O3S/c8-5-1-2-6(14(10,12)13)7(9)4(5)3-11/h1-3H. The third-order valence-electron chi connectivity index (χ3n) is 1.47. The molecule has 0 radical (unpaired) electrons. The zero-order valence-corrected chi connectivity index (χ0v) is 9.58. The Balaban J connectivity index is 3.60. The number of aldehydes is 1. The van der Waals surface area contributed by atoms with Crippen molar-refractivity contribution in [1.29, 1.82) is 0 Å². The molecule has 3 nitrogen and oxygen atoms in total. The molecule has 0 atom stereocenters. The molecule has 0 aromatic heterocycles. The van der Waals surface area contributed by atoms with E-state index in [-0.39, 0.29) is 20.5 Å². The lowest BCUT2D eigenvalue weighted by Crippen LogP contribution is -1.95. The lowest BCUT2D eigenvalue weighted by atomic mass is 10.2. The molecule has 76 valence electrons. The van der Waals surface area contributed by atoms with E-state index < -0.39 is 9.05 Å². The fourth-order valence-electron chi connectivity index (χ4n) is 0.846. The highest BCUT2D eigenvalue weighted by molar-refractivity contribution is 8.13. The topological polar surface area (TPSA) is 51.2 Å². The summed E-state index contributed by atoms with van der Waals surface area (Å²) in [6, 6.07) is 2.38. The maximum Gasteiger partial charge on any atom is 0.262 e. The van der Waals surface area contributed by atoms with Gasteiger partial charge in [-0.25, -0.2) is 8.42 Å². The molecule has 0 spiro atoms. The van der Waals surface area contributed by atoms with Crippen LogP contribution in [0.2, 0.25) is 10.0 Å². The Morgan fingerprint density at radius 3 is 2.21 bits per heavy atom. The molecule has 7 heteroatoms. The molecule has 0 aliphatic carbocycles. The van der Waals surface area contributed by atoms with E-state index >= 15 is 0 Å². The molecule has 1 rings (SSSR count). The molecule has 0 unspecified atom stereocenters. The Labute approximate surface area is 95.0 Å². The van der Waals surface area contributed by atoms with E-state index in [1.807, 2.05) is 0 Å². The van der Waals surface area contributed by atoms with Crippen molar-refractivity contribution in [3.8, 4) is 0 Å². The Bertz CT molecular complexity index is 481. The van der Waals surface area contributed by atoms with Gasteiger partial charge in [0.1, 0.15) is 4.90 Å². The van der Waals surface area contributed by atoms with Crippen molar-refractivity contribution >= 4 is 49.2 Å². The van der Waals surface area contributed by atoms with E-state index in [0.29, 0.717) is 6.29 Å². The maximum atomic E-state index is 11.0. The van der Waals surface area contributed by atoms with Crippen molar-refractivity contribution in [3.05, 3.63) is 27.7 Å². The minimum Gasteiger partial charge on any atom is -0.298 e. The van der Waals surface area contributed by atoms with Gasteiger partial charge in [0.25, 0.3) is 9.05 Å². The lowest BCUT2D eigenvalue weighted by molar-refractivity contribution is 0.112. The van der Waals surface area contributed by atoms with Crippen LogP contribution in [0.15, 0.2) is 17.0 Å². The van der Waals surface area contributed by atoms with Crippen molar-refractivity contribution in [2.75, 3.05) is 0 Å². The van der Waals surface area contributed by atoms with Gasteiger partial charge in [-0.05, 0) is 12.1 Å². The minimum atomic E-state index is -3.96. The zero-order valence-electron chi connectivity index (χ0n) is 6.50. The first-order valence-corrected chi connectivity index (χ1v) is 6.32. The Morgan fingerprint density at radius 2 is 1.79 bits per heavy atom. The van der Waals surface area contributed by atoms with Crippen LogP contribution >= 0.6 is 33.9 Å². The van der Waals surface area contributed by atoms with Crippen LogP contribution in [0.25, 0.3) is 0 Å². The first-order valence-electron chi connectivity index (χ1n) is 3.25. The van der Waals surface area contributed by atoms with E-state index in [2.05, 4.69) is 0 Å². The maximum absolute atomic E-state index is 11.0. The third-order valence-corrected chi connectivity index (χ3v) is 3.68. The number of carbonyl (C=O) groups excluding carboxylic acids is 1. The molecule has 0 N–H and O–H groups in total. The fourth-order valence-corrected chi connectivity index (χ4v) is 2.67. The molecule has 14 heavy (non-hydrogen) atoms. The second kappa shape index (κ2) is 4.06. The van der Waals surface area contributed by atoms with Gasteiger partial charge in [-0.3, -0.25) is 4.79 Å². The van der Waals surface area contributed by atoms with E-state index in [0.717, 1.165) is 6.07 Å². The molecule has 0 bridgehead atoms. The normalized spacial score (nSPS) is 11.4. The molecule has 0 saturated heterocycles. The van der Waals surface area contributed by atoms with Gasteiger partial charge in [-0.15, -0.1) is 0 Å². The molecular formula is C7H3Cl3O3S. The van der Waals surface area contributed by atoms with Gasteiger partial charge in [0.15, 0.2) is 6.29 Å². The van der Waals surface area contributed by atoms with Crippen LogP contribution < -0.4 is 0 Å². The van der Waals surface area contributed by atoms with Gasteiger partial charge in [0, 0.05) is 10.7 Å². The fraction of sp³-hybridized carbons (Fsp3) is 0. The molecule has 0 amide bonds. The average molecular weight is 274 g/mol. The molecule has 0 aliphatic rings. The highest BCUT2D eigenvalue weighted by Crippen LogP contribution is 2.31. The van der Waals surface area contributed by atoms with Crippen LogP contribution in [0, 0.1) is 0 Å². The highest BCUT2D eigenvalue weighted by Gasteiger charge is 2.18. The van der Waals surface area contributed by atoms with Crippen LogP contribution in [0.3, 0.4) is 0 Å². The molecule has 0 aliphatic heterocycles. The van der Waals surface area contributed by atoms with Crippen molar-refractivity contribution in [2.45, 2.75) is 4.90 Å². The zero-order chi connectivity index (χ0) is 10.9. The highest BCUT2D eigenvalue weighted by atomic mass is 35.7. The predicted octanol–water partition coefficient (Wildman–Crippen LogP) is 2.73. The van der Waals surface area contributed by atoms with Crippen molar-refractivity contribution < 1.29 is 13.2 Å². The summed E-state index contributed by atoms with van der Waals surface area (Å²) in [6.07, 6.45) is 0.371. The summed E-state index contributed by atoms with van der Waals surface area (Å²) >= 11 is 11.2. The largest absolute Gasteiger partial charge is 0.298 e. The van der Waals surface area contributed by atoms with E-state index in [4.69, 9.17) is 33.9 Å². The van der Waals surface area contributed by atoms with Gasteiger partial charge < -0.3 is 0 Å². The van der Waals surface area contributed by atoms with E-state index in [1.54, 1.807) is 0 Å². The first-order chi connectivity index (χ1) is 6.38. The summed E-state index contributed by atoms with van der Waals surface area (Å²) in [6.45, 7) is 0. The quantitative estimate of drug-likeness (QED) is 0.615. The molecule has 1 aromatic carbocycles. The van der Waals surface area contributed by atoms with E-state index in [1.165, 1.54) is 6.07 Å². The summed E-state index contributed by atoms with van der Waals surface area (Å²) in [5, 5.41) is -0.184. The Morgan fingerprint density at radius 1 is 1.21 bits per heavy atom. The van der Waals surface area contributed by atoms with Crippen molar-refractivity contribution in [2.24, 2.45) is 0 Å². The minimum absolute atomic E-state index is 0.0778. The van der Waals surface area contributed by atoms with Crippen LogP contribution in [0.5, 0.6) is 0 Å². The summed E-state index contributed by atoms with van der Waals surface area (Å²) in [7, 11) is 1.11. The van der Waals surface area contributed by atoms with E-state index in [9.17, 15) is 13.2 Å². The van der Waals surface area contributed by atoms with Crippen molar-refractivity contribution in [1.82, 2.24) is 0 Å². The van der Waals surface area contributed by atoms with Crippen LogP contribution in [-0.4, -0.2) is 14.7 Å². The Hall–Kier alpha value is -0.290. The number of carbonyl (C=O) groups is 1. The number of benzene rings is 1. The molecule has 0 heterocycles. The second-order valence-electron chi connectivity index (χ2n) is 2.33. The second-order valence-corrected chi connectivity index (χ2v) is 5.65. The molecule has 1 aromatic rings. The number of halogens is 3. The smallest absolute Gasteiger partial charge is 0.262 e. The monoisotopic (exact) mass is 272 g/mol. The first kappa shape index (κ1) is 11.8. The summed E-state index contributed by atoms with van der Waals surface area (Å²) < 4.78 is 21.9.